The summed E-state index contributed by atoms with van der Waals surface area (Å²) < 4.78 is 0. The molecule has 1 rings (SSSR count). The van der Waals surface area contributed by atoms with E-state index in [1.165, 1.54) is 4.88 Å². The van der Waals surface area contributed by atoms with Crippen LogP contribution in [0.15, 0.2) is 17.5 Å². The van der Waals surface area contributed by atoms with Crippen molar-refractivity contribution in [1.82, 2.24) is 10.2 Å². The Morgan fingerprint density at radius 3 is 2.71 bits per heavy atom. The van der Waals surface area contributed by atoms with E-state index in [0.717, 1.165) is 6.54 Å². The van der Waals surface area contributed by atoms with Crippen molar-refractivity contribution in [3.63, 3.8) is 0 Å². The van der Waals surface area contributed by atoms with Crippen molar-refractivity contribution in [2.75, 3.05) is 13.6 Å². The van der Waals surface area contributed by atoms with Crippen LogP contribution in [0.5, 0.6) is 0 Å². The number of carbonyl (C=O) groups is 1. The molecule has 0 aliphatic rings. The highest BCUT2D eigenvalue weighted by atomic mass is 32.1. The highest BCUT2D eigenvalue weighted by molar-refractivity contribution is 7.10. The number of carbonyl (C=O) groups excluding carboxylic acids is 1. The molecule has 0 bridgehead atoms. The SMILES string of the molecule is CCNC(C)(C)C(=O)N(C)C(C)c1cccs1. The number of hydrogen-bond acceptors (Lipinski definition) is 3. The van der Waals surface area contributed by atoms with Gasteiger partial charge in [-0.2, -0.15) is 0 Å². The zero-order valence-electron chi connectivity index (χ0n) is 11.3. The highest BCUT2D eigenvalue weighted by Gasteiger charge is 2.31. The predicted octanol–water partition coefficient (Wildman–Crippen LogP) is 2.66. The van der Waals surface area contributed by atoms with E-state index in [1.807, 2.05) is 44.2 Å². The lowest BCUT2D eigenvalue weighted by Crippen LogP contribution is -2.53. The summed E-state index contributed by atoms with van der Waals surface area (Å²) in [5, 5.41) is 5.26. The van der Waals surface area contributed by atoms with Gasteiger partial charge in [-0.05, 0) is 38.8 Å². The number of nitrogens with zero attached hydrogens (tertiary/aromatic N) is 1. The lowest BCUT2D eigenvalue weighted by atomic mass is 10.0. The number of thiophene rings is 1. The molecule has 1 N–H and O–H groups in total. The third-order valence-corrected chi connectivity index (χ3v) is 4.05. The van der Waals surface area contributed by atoms with Crippen LogP contribution in [0.25, 0.3) is 0 Å². The molecule has 3 nitrogen and oxygen atoms in total. The Hall–Kier alpha value is -0.870. The zero-order chi connectivity index (χ0) is 13.1. The second-order valence-corrected chi connectivity index (χ2v) is 5.74. The molecule has 0 aromatic carbocycles. The Labute approximate surface area is 108 Å². The average molecular weight is 254 g/mol. The molecule has 1 aromatic rings. The number of likely N-dealkylation sites (N-methyl/N-ethyl adjacent to an activating group) is 2. The lowest BCUT2D eigenvalue weighted by molar-refractivity contribution is -0.137. The van der Waals surface area contributed by atoms with Crippen LogP contribution in [0.2, 0.25) is 0 Å². The van der Waals surface area contributed by atoms with Gasteiger partial charge in [0.15, 0.2) is 0 Å². The zero-order valence-corrected chi connectivity index (χ0v) is 12.1. The van der Waals surface area contributed by atoms with E-state index < -0.39 is 5.54 Å². The van der Waals surface area contributed by atoms with Gasteiger partial charge >= 0.3 is 0 Å². The summed E-state index contributed by atoms with van der Waals surface area (Å²) >= 11 is 1.69. The fourth-order valence-corrected chi connectivity index (χ4v) is 2.68. The van der Waals surface area contributed by atoms with Crippen molar-refractivity contribution in [2.24, 2.45) is 0 Å². The van der Waals surface area contributed by atoms with Gasteiger partial charge < -0.3 is 10.2 Å². The van der Waals surface area contributed by atoms with Gasteiger partial charge in [0.1, 0.15) is 0 Å². The van der Waals surface area contributed by atoms with Gasteiger partial charge in [-0.15, -0.1) is 11.3 Å². The molecular formula is C13H22N2OS. The van der Waals surface area contributed by atoms with Crippen LogP contribution in [0.4, 0.5) is 0 Å². The standard InChI is InChI=1S/C13H22N2OS/c1-6-14-13(3,4)12(16)15(5)10(2)11-8-7-9-17-11/h7-10,14H,6H2,1-5H3. The molecule has 0 aliphatic heterocycles. The largest absolute Gasteiger partial charge is 0.337 e. The molecule has 0 spiro atoms. The minimum absolute atomic E-state index is 0.125. The third-order valence-electron chi connectivity index (χ3n) is 3.01. The molecule has 1 amide bonds. The first-order valence-electron chi connectivity index (χ1n) is 5.95. The highest BCUT2D eigenvalue weighted by Crippen LogP contribution is 2.25. The maximum atomic E-state index is 12.4. The van der Waals surface area contributed by atoms with Crippen molar-refractivity contribution in [1.29, 1.82) is 0 Å². The van der Waals surface area contributed by atoms with E-state index in [1.54, 1.807) is 11.3 Å². The van der Waals surface area contributed by atoms with E-state index in [9.17, 15) is 4.79 Å². The predicted molar refractivity (Wildman–Crippen MR) is 73.3 cm³/mol. The Balaban J connectivity index is 2.76. The molecular weight excluding hydrogens is 232 g/mol. The Bertz CT molecular complexity index is 360. The number of hydrogen-bond donors (Lipinski definition) is 1. The third kappa shape index (κ3) is 3.30. The van der Waals surface area contributed by atoms with E-state index in [-0.39, 0.29) is 11.9 Å². The minimum Gasteiger partial charge on any atom is -0.337 e. The molecule has 17 heavy (non-hydrogen) atoms. The molecule has 0 saturated heterocycles. The fraction of sp³-hybridized carbons (Fsp3) is 0.615. The molecule has 1 unspecified atom stereocenters. The lowest BCUT2D eigenvalue weighted by Gasteiger charge is -2.33. The molecule has 1 aromatic heterocycles. The molecule has 0 aliphatic carbocycles. The van der Waals surface area contributed by atoms with E-state index >= 15 is 0 Å². The van der Waals surface area contributed by atoms with Gasteiger partial charge in [0.2, 0.25) is 5.91 Å². The van der Waals surface area contributed by atoms with Gasteiger partial charge in [0.05, 0.1) is 11.6 Å². The molecule has 0 radical (unpaired) electrons. The summed E-state index contributed by atoms with van der Waals surface area (Å²) in [4.78, 5) is 15.4. The Kier molecular flexibility index (Phi) is 4.71. The van der Waals surface area contributed by atoms with Gasteiger partial charge in [-0.3, -0.25) is 4.79 Å². The van der Waals surface area contributed by atoms with Crippen molar-refractivity contribution in [2.45, 2.75) is 39.3 Å². The van der Waals surface area contributed by atoms with Crippen molar-refractivity contribution < 1.29 is 4.79 Å². The quantitative estimate of drug-likeness (QED) is 0.876. The number of amides is 1. The molecule has 1 heterocycles. The van der Waals surface area contributed by atoms with Crippen LogP contribution in [0, 0.1) is 0 Å². The van der Waals surface area contributed by atoms with Crippen molar-refractivity contribution in [3.8, 4) is 0 Å². The van der Waals surface area contributed by atoms with Crippen LogP contribution in [-0.2, 0) is 4.79 Å². The molecule has 96 valence electrons. The van der Waals surface area contributed by atoms with Crippen LogP contribution >= 0.6 is 11.3 Å². The van der Waals surface area contributed by atoms with Crippen molar-refractivity contribution >= 4 is 17.2 Å². The summed E-state index contributed by atoms with van der Waals surface area (Å²) in [5.41, 5.74) is -0.505. The first kappa shape index (κ1) is 14.2. The van der Waals surface area contributed by atoms with Crippen LogP contribution in [0.1, 0.15) is 38.6 Å². The van der Waals surface area contributed by atoms with Crippen LogP contribution in [0.3, 0.4) is 0 Å². The molecule has 0 fully saturated rings. The number of rotatable bonds is 5. The monoisotopic (exact) mass is 254 g/mol. The normalized spacial score (nSPS) is 13.5. The molecule has 4 heteroatoms. The fourth-order valence-electron chi connectivity index (χ4n) is 1.85. The smallest absolute Gasteiger partial charge is 0.242 e. The average Bonchev–Trinajstić information content (AvgIpc) is 2.79. The topological polar surface area (TPSA) is 32.3 Å². The minimum atomic E-state index is -0.505. The maximum absolute atomic E-state index is 12.4. The summed E-state index contributed by atoms with van der Waals surface area (Å²) in [6, 6.07) is 4.21. The summed E-state index contributed by atoms with van der Waals surface area (Å²) in [7, 11) is 1.87. The van der Waals surface area contributed by atoms with Gasteiger partial charge in [-0.1, -0.05) is 13.0 Å². The van der Waals surface area contributed by atoms with Crippen LogP contribution < -0.4 is 5.32 Å². The Morgan fingerprint density at radius 1 is 1.59 bits per heavy atom. The van der Waals surface area contributed by atoms with Gasteiger partial charge in [0, 0.05) is 11.9 Å². The Morgan fingerprint density at radius 2 is 2.24 bits per heavy atom. The number of nitrogens with one attached hydrogen (secondary N) is 1. The second-order valence-electron chi connectivity index (χ2n) is 4.76. The first-order chi connectivity index (χ1) is 7.90. The van der Waals surface area contributed by atoms with Crippen molar-refractivity contribution in [3.05, 3.63) is 22.4 Å². The molecule has 1 atom stereocenters. The second kappa shape index (κ2) is 5.65. The van der Waals surface area contributed by atoms with Crippen LogP contribution in [-0.4, -0.2) is 29.9 Å². The maximum Gasteiger partial charge on any atom is 0.242 e. The summed E-state index contributed by atoms with van der Waals surface area (Å²) in [6.07, 6.45) is 0. The van der Waals surface area contributed by atoms with Gasteiger partial charge in [0.25, 0.3) is 0 Å². The summed E-state index contributed by atoms with van der Waals surface area (Å²) in [5.74, 6) is 0.125. The van der Waals surface area contributed by atoms with E-state index in [4.69, 9.17) is 0 Å². The van der Waals surface area contributed by atoms with E-state index in [2.05, 4.69) is 18.3 Å². The van der Waals surface area contributed by atoms with E-state index in [0.29, 0.717) is 0 Å². The molecule has 0 saturated carbocycles. The van der Waals surface area contributed by atoms with Gasteiger partial charge in [-0.25, -0.2) is 0 Å². The first-order valence-corrected chi connectivity index (χ1v) is 6.83. The summed E-state index contributed by atoms with van der Waals surface area (Å²) in [6.45, 7) is 8.72.